The van der Waals surface area contributed by atoms with Gasteiger partial charge in [0.2, 0.25) is 0 Å². The lowest BCUT2D eigenvalue weighted by Crippen LogP contribution is -2.39. The fourth-order valence-electron chi connectivity index (χ4n) is 3.34. The number of hydrogen-bond acceptors (Lipinski definition) is 2. The summed E-state index contributed by atoms with van der Waals surface area (Å²) in [6.07, 6.45) is 6.25. The highest BCUT2D eigenvalue weighted by molar-refractivity contribution is 9.10. The van der Waals surface area contributed by atoms with Gasteiger partial charge in [0.1, 0.15) is 17.3 Å². The van der Waals surface area contributed by atoms with Gasteiger partial charge in [-0.2, -0.15) is 0 Å². The Morgan fingerprint density at radius 2 is 2.00 bits per heavy atom. The maximum Gasteiger partial charge on any atom is 0.140 e. The third-order valence-electron chi connectivity index (χ3n) is 4.31. The average molecular weight is 378 g/mol. The average Bonchev–Trinajstić information content (AvgIpc) is 2.94. The SMILES string of the molecule is C[C@@H]1Cc2c(ccn3ccnc23)C(c2c(F)cc(Br)cc2F)N1. The molecule has 0 saturated carbocycles. The van der Waals surface area contributed by atoms with Gasteiger partial charge < -0.3 is 9.72 Å². The summed E-state index contributed by atoms with van der Waals surface area (Å²) in [6.45, 7) is 2.01. The van der Waals surface area contributed by atoms with Crippen molar-refractivity contribution >= 4 is 21.6 Å². The molecule has 4 rings (SSSR count). The van der Waals surface area contributed by atoms with Crippen LogP contribution < -0.4 is 5.32 Å². The van der Waals surface area contributed by atoms with Gasteiger partial charge in [-0.1, -0.05) is 15.9 Å². The number of imidazole rings is 1. The number of benzene rings is 1. The zero-order valence-electron chi connectivity index (χ0n) is 12.4. The van der Waals surface area contributed by atoms with Gasteiger partial charge in [0.15, 0.2) is 0 Å². The zero-order valence-corrected chi connectivity index (χ0v) is 13.9. The Balaban J connectivity index is 1.95. The van der Waals surface area contributed by atoms with Gasteiger partial charge in [0.05, 0.1) is 6.04 Å². The molecule has 3 heterocycles. The first kappa shape index (κ1) is 14.8. The monoisotopic (exact) mass is 377 g/mol. The van der Waals surface area contributed by atoms with Crippen LogP contribution in [0.25, 0.3) is 5.65 Å². The Morgan fingerprint density at radius 1 is 1.26 bits per heavy atom. The molecule has 0 radical (unpaired) electrons. The molecule has 6 heteroatoms. The van der Waals surface area contributed by atoms with E-state index in [9.17, 15) is 8.78 Å². The number of hydrogen-bond donors (Lipinski definition) is 1. The summed E-state index contributed by atoms with van der Waals surface area (Å²) in [7, 11) is 0. The van der Waals surface area contributed by atoms with Crippen molar-refractivity contribution in [2.24, 2.45) is 0 Å². The summed E-state index contributed by atoms with van der Waals surface area (Å²) >= 11 is 3.13. The van der Waals surface area contributed by atoms with Gasteiger partial charge in [0.25, 0.3) is 0 Å². The third kappa shape index (κ3) is 2.37. The molecule has 0 fully saturated rings. The minimum atomic E-state index is -0.558. The van der Waals surface area contributed by atoms with Crippen molar-refractivity contribution in [1.82, 2.24) is 14.7 Å². The van der Waals surface area contributed by atoms with Crippen molar-refractivity contribution in [3.8, 4) is 0 Å². The first-order chi connectivity index (χ1) is 11.0. The van der Waals surface area contributed by atoms with E-state index >= 15 is 0 Å². The topological polar surface area (TPSA) is 29.3 Å². The molecule has 1 unspecified atom stereocenters. The zero-order chi connectivity index (χ0) is 16.1. The minimum Gasteiger partial charge on any atom is -0.307 e. The van der Waals surface area contributed by atoms with Crippen LogP contribution in [-0.4, -0.2) is 15.4 Å². The number of nitrogens with zero attached hydrogens (tertiary/aromatic N) is 2. The molecule has 3 nitrogen and oxygen atoms in total. The van der Waals surface area contributed by atoms with Gasteiger partial charge in [-0.15, -0.1) is 0 Å². The second-order valence-corrected chi connectivity index (χ2v) is 6.81. The Kier molecular flexibility index (Phi) is 3.46. The van der Waals surface area contributed by atoms with E-state index in [2.05, 4.69) is 26.2 Å². The van der Waals surface area contributed by atoms with Crippen molar-refractivity contribution < 1.29 is 8.78 Å². The van der Waals surface area contributed by atoms with Crippen LogP contribution >= 0.6 is 15.9 Å². The van der Waals surface area contributed by atoms with Gasteiger partial charge in [0, 0.05) is 40.2 Å². The van der Waals surface area contributed by atoms with E-state index in [-0.39, 0.29) is 11.6 Å². The number of pyridine rings is 1. The smallest absolute Gasteiger partial charge is 0.140 e. The highest BCUT2D eigenvalue weighted by atomic mass is 79.9. The minimum absolute atomic E-state index is 0.0527. The second-order valence-electron chi connectivity index (χ2n) is 5.90. The number of rotatable bonds is 1. The number of fused-ring (bicyclic) bond motifs is 3. The highest BCUT2D eigenvalue weighted by Crippen LogP contribution is 2.35. The highest BCUT2D eigenvalue weighted by Gasteiger charge is 2.31. The summed E-state index contributed by atoms with van der Waals surface area (Å²) < 4.78 is 31.2. The van der Waals surface area contributed by atoms with Gasteiger partial charge >= 0.3 is 0 Å². The van der Waals surface area contributed by atoms with Crippen LogP contribution in [0.4, 0.5) is 8.78 Å². The molecule has 1 N–H and O–H groups in total. The van der Waals surface area contributed by atoms with Crippen molar-refractivity contribution in [2.45, 2.75) is 25.4 Å². The molecule has 0 amide bonds. The van der Waals surface area contributed by atoms with Crippen LogP contribution in [0.15, 0.2) is 41.3 Å². The first-order valence-electron chi connectivity index (χ1n) is 7.39. The molecule has 0 saturated heterocycles. The molecular formula is C17H14BrF2N3. The predicted octanol–water partition coefficient (Wildman–Crippen LogP) is 4.00. The lowest BCUT2D eigenvalue weighted by Gasteiger charge is -2.32. The summed E-state index contributed by atoms with van der Waals surface area (Å²) in [5.74, 6) is -1.12. The van der Waals surface area contributed by atoms with Gasteiger partial charge in [-0.3, -0.25) is 0 Å². The molecule has 0 bridgehead atoms. The van der Waals surface area contributed by atoms with Crippen LogP contribution in [0.5, 0.6) is 0 Å². The van der Waals surface area contributed by atoms with E-state index in [0.29, 0.717) is 4.47 Å². The second kappa shape index (κ2) is 5.39. The maximum absolute atomic E-state index is 14.4. The van der Waals surface area contributed by atoms with E-state index in [1.54, 1.807) is 6.20 Å². The molecule has 2 aromatic heterocycles. The Labute approximate surface area is 140 Å². The molecule has 0 aliphatic carbocycles. The number of halogens is 3. The molecule has 1 aliphatic rings. The van der Waals surface area contributed by atoms with Crippen LogP contribution in [-0.2, 0) is 6.42 Å². The van der Waals surface area contributed by atoms with Crippen LogP contribution in [0.1, 0.15) is 29.7 Å². The normalized spacial score (nSPS) is 20.7. The van der Waals surface area contributed by atoms with Gasteiger partial charge in [-0.25, -0.2) is 13.8 Å². The molecule has 1 aromatic carbocycles. The molecule has 3 aromatic rings. The summed E-state index contributed by atoms with van der Waals surface area (Å²) in [6, 6.07) is 4.08. The quantitative estimate of drug-likeness (QED) is 0.694. The maximum atomic E-state index is 14.4. The molecule has 23 heavy (non-hydrogen) atoms. The van der Waals surface area contributed by atoms with Crippen molar-refractivity contribution in [3.05, 3.63) is 69.6 Å². The molecule has 1 aliphatic heterocycles. The van der Waals surface area contributed by atoms with E-state index in [1.807, 2.05) is 29.8 Å². The van der Waals surface area contributed by atoms with E-state index in [0.717, 1.165) is 23.2 Å². The fraction of sp³-hybridized carbons (Fsp3) is 0.235. The fourth-order valence-corrected chi connectivity index (χ4v) is 3.75. The predicted molar refractivity (Wildman–Crippen MR) is 87.4 cm³/mol. The molecule has 2 atom stereocenters. The van der Waals surface area contributed by atoms with E-state index in [4.69, 9.17) is 0 Å². The van der Waals surface area contributed by atoms with Crippen molar-refractivity contribution in [3.63, 3.8) is 0 Å². The largest absolute Gasteiger partial charge is 0.307 e. The Morgan fingerprint density at radius 3 is 2.74 bits per heavy atom. The van der Waals surface area contributed by atoms with Crippen molar-refractivity contribution in [2.75, 3.05) is 0 Å². The Hall–Kier alpha value is -1.79. The Bertz CT molecular complexity index is 883. The summed E-state index contributed by atoms with van der Waals surface area (Å²) in [5, 5.41) is 3.31. The van der Waals surface area contributed by atoms with Crippen LogP contribution in [0.2, 0.25) is 0 Å². The van der Waals surface area contributed by atoms with Gasteiger partial charge in [-0.05, 0) is 37.1 Å². The number of nitrogens with one attached hydrogen (secondary N) is 1. The molecule has 118 valence electrons. The number of aromatic nitrogens is 2. The summed E-state index contributed by atoms with van der Waals surface area (Å²) in [4.78, 5) is 4.39. The lowest BCUT2D eigenvalue weighted by atomic mass is 9.87. The van der Waals surface area contributed by atoms with Crippen LogP contribution in [0, 0.1) is 11.6 Å². The first-order valence-corrected chi connectivity index (χ1v) is 8.19. The standard InChI is InChI=1S/C17H14BrF2N3/c1-9-6-12-11(2-4-23-5-3-21-17(12)23)16(22-9)15-13(19)7-10(18)8-14(15)20/h2-5,7-9,16,22H,6H2,1H3/t9-,16?/m1/s1. The lowest BCUT2D eigenvalue weighted by molar-refractivity contribution is 0.433. The van der Waals surface area contributed by atoms with E-state index < -0.39 is 17.7 Å². The molecule has 0 spiro atoms. The molecular weight excluding hydrogens is 364 g/mol. The summed E-state index contributed by atoms with van der Waals surface area (Å²) in [5.41, 5.74) is 2.81. The van der Waals surface area contributed by atoms with E-state index in [1.165, 1.54) is 12.1 Å². The van der Waals surface area contributed by atoms with Crippen LogP contribution in [0.3, 0.4) is 0 Å². The third-order valence-corrected chi connectivity index (χ3v) is 4.76. The van der Waals surface area contributed by atoms with Crippen molar-refractivity contribution in [1.29, 1.82) is 0 Å².